The Bertz CT molecular complexity index is 607. The number of hydrogen-bond donors (Lipinski definition) is 2. The quantitative estimate of drug-likeness (QED) is 0.582. The summed E-state index contributed by atoms with van der Waals surface area (Å²) in [7, 11) is -4.03. The standard InChI is InChI=1S/C10H10FN3O3S/c11-7-1-2-8(13)9(5-7)18(16,17)6-10(15)14-4-3-12/h1-2,5H,4,6,13H2,(H,14,15). The van der Waals surface area contributed by atoms with Crippen LogP contribution in [0.25, 0.3) is 0 Å². The molecule has 0 unspecified atom stereocenters. The number of halogens is 1. The predicted octanol–water partition coefficient (Wildman–Crippen LogP) is -0.179. The van der Waals surface area contributed by atoms with E-state index in [4.69, 9.17) is 11.0 Å². The monoisotopic (exact) mass is 271 g/mol. The zero-order chi connectivity index (χ0) is 13.8. The fraction of sp³-hybridized carbons (Fsp3) is 0.200. The Hall–Kier alpha value is -2.14. The van der Waals surface area contributed by atoms with Crippen molar-refractivity contribution in [3.05, 3.63) is 24.0 Å². The molecule has 0 radical (unpaired) electrons. The molecule has 1 rings (SSSR count). The van der Waals surface area contributed by atoms with E-state index in [1.54, 1.807) is 6.07 Å². The van der Waals surface area contributed by atoms with Crippen molar-refractivity contribution in [3.8, 4) is 6.07 Å². The van der Waals surface area contributed by atoms with Gasteiger partial charge in [-0.05, 0) is 18.2 Å². The van der Waals surface area contributed by atoms with E-state index in [9.17, 15) is 17.6 Å². The second kappa shape index (κ2) is 5.46. The van der Waals surface area contributed by atoms with E-state index in [1.807, 2.05) is 0 Å². The third-order valence-electron chi connectivity index (χ3n) is 2.00. The molecule has 0 spiro atoms. The van der Waals surface area contributed by atoms with Crippen LogP contribution in [-0.4, -0.2) is 26.6 Å². The topological polar surface area (TPSA) is 113 Å². The van der Waals surface area contributed by atoms with E-state index < -0.39 is 32.2 Å². The van der Waals surface area contributed by atoms with E-state index >= 15 is 0 Å². The van der Waals surface area contributed by atoms with Crippen molar-refractivity contribution < 1.29 is 17.6 Å². The molecular weight excluding hydrogens is 261 g/mol. The van der Waals surface area contributed by atoms with Gasteiger partial charge in [-0.25, -0.2) is 12.8 Å². The van der Waals surface area contributed by atoms with Gasteiger partial charge in [-0.2, -0.15) is 5.26 Å². The van der Waals surface area contributed by atoms with Crippen LogP contribution in [-0.2, 0) is 14.6 Å². The second-order valence-electron chi connectivity index (χ2n) is 3.38. The summed E-state index contributed by atoms with van der Waals surface area (Å²) in [6.07, 6.45) is 0. The Balaban J connectivity index is 2.97. The lowest BCUT2D eigenvalue weighted by Gasteiger charge is -2.07. The van der Waals surface area contributed by atoms with E-state index in [-0.39, 0.29) is 12.2 Å². The lowest BCUT2D eigenvalue weighted by molar-refractivity contribution is -0.118. The van der Waals surface area contributed by atoms with Crippen LogP contribution in [0.15, 0.2) is 23.1 Å². The van der Waals surface area contributed by atoms with Gasteiger partial charge in [0.1, 0.15) is 18.1 Å². The van der Waals surface area contributed by atoms with Crippen molar-refractivity contribution in [1.29, 1.82) is 5.26 Å². The van der Waals surface area contributed by atoms with Crippen LogP contribution in [0.2, 0.25) is 0 Å². The number of nitrogens with one attached hydrogen (secondary N) is 1. The zero-order valence-electron chi connectivity index (χ0n) is 9.18. The fourth-order valence-corrected chi connectivity index (χ4v) is 2.54. The summed E-state index contributed by atoms with van der Waals surface area (Å²) in [6.45, 7) is -0.299. The van der Waals surface area contributed by atoms with Crippen LogP contribution in [0.3, 0.4) is 0 Å². The highest BCUT2D eigenvalue weighted by Crippen LogP contribution is 2.20. The maximum atomic E-state index is 13.0. The molecule has 1 aromatic rings. The number of carbonyl (C=O) groups excluding carboxylic acids is 1. The van der Waals surface area contributed by atoms with Crippen LogP contribution < -0.4 is 11.1 Å². The Morgan fingerprint density at radius 3 is 2.78 bits per heavy atom. The Morgan fingerprint density at radius 1 is 1.50 bits per heavy atom. The molecule has 0 saturated heterocycles. The first kappa shape index (κ1) is 13.9. The number of carbonyl (C=O) groups is 1. The summed E-state index contributed by atoms with van der Waals surface area (Å²) in [4.78, 5) is 10.8. The van der Waals surface area contributed by atoms with Gasteiger partial charge in [-0.15, -0.1) is 0 Å². The van der Waals surface area contributed by atoms with Crippen molar-refractivity contribution in [2.45, 2.75) is 4.90 Å². The summed E-state index contributed by atoms with van der Waals surface area (Å²) in [6, 6.07) is 4.51. The minimum atomic E-state index is -4.03. The van der Waals surface area contributed by atoms with Gasteiger partial charge in [0.2, 0.25) is 5.91 Å². The van der Waals surface area contributed by atoms with Crippen LogP contribution in [0.4, 0.5) is 10.1 Å². The highest BCUT2D eigenvalue weighted by atomic mass is 32.2. The molecule has 0 bridgehead atoms. The molecule has 0 aliphatic rings. The Labute approximate surface area is 103 Å². The van der Waals surface area contributed by atoms with Crippen LogP contribution in [0.5, 0.6) is 0 Å². The van der Waals surface area contributed by atoms with Crippen LogP contribution >= 0.6 is 0 Å². The number of rotatable bonds is 4. The van der Waals surface area contributed by atoms with Gasteiger partial charge in [-0.1, -0.05) is 0 Å². The molecule has 0 aromatic heterocycles. The van der Waals surface area contributed by atoms with Gasteiger partial charge in [-0.3, -0.25) is 4.79 Å². The third-order valence-corrected chi connectivity index (χ3v) is 3.66. The fourth-order valence-electron chi connectivity index (χ4n) is 1.22. The van der Waals surface area contributed by atoms with Gasteiger partial charge in [0, 0.05) is 0 Å². The molecule has 6 nitrogen and oxygen atoms in total. The lowest BCUT2D eigenvalue weighted by atomic mass is 10.3. The maximum absolute atomic E-state index is 13.0. The first-order valence-electron chi connectivity index (χ1n) is 4.78. The van der Waals surface area contributed by atoms with Crippen LogP contribution in [0.1, 0.15) is 0 Å². The third kappa shape index (κ3) is 3.43. The first-order chi connectivity index (χ1) is 8.36. The summed E-state index contributed by atoms with van der Waals surface area (Å²) >= 11 is 0. The van der Waals surface area contributed by atoms with Crippen molar-refractivity contribution in [2.24, 2.45) is 0 Å². The number of anilines is 1. The summed E-state index contributed by atoms with van der Waals surface area (Å²) in [5, 5.41) is 10.3. The Kier molecular flexibility index (Phi) is 4.23. The van der Waals surface area contributed by atoms with Crippen LogP contribution in [0, 0.1) is 17.1 Å². The first-order valence-corrected chi connectivity index (χ1v) is 6.43. The average molecular weight is 271 g/mol. The average Bonchev–Trinajstić information content (AvgIpc) is 2.29. The lowest BCUT2D eigenvalue weighted by Crippen LogP contribution is -2.30. The summed E-state index contributed by atoms with van der Waals surface area (Å²) in [5.74, 6) is -2.50. The van der Waals surface area contributed by atoms with Gasteiger partial charge in [0.05, 0.1) is 16.7 Å². The van der Waals surface area contributed by atoms with Gasteiger partial charge in [0.15, 0.2) is 9.84 Å². The van der Waals surface area contributed by atoms with Gasteiger partial charge < -0.3 is 11.1 Å². The van der Waals surface area contributed by atoms with Crippen molar-refractivity contribution in [1.82, 2.24) is 5.32 Å². The number of sulfone groups is 1. The molecular formula is C10H10FN3O3S. The number of nitriles is 1. The molecule has 0 aliphatic heterocycles. The van der Waals surface area contributed by atoms with Crippen molar-refractivity contribution in [3.63, 3.8) is 0 Å². The van der Waals surface area contributed by atoms with Gasteiger partial charge in [0.25, 0.3) is 0 Å². The number of nitrogens with two attached hydrogens (primary N) is 1. The maximum Gasteiger partial charge on any atom is 0.236 e. The number of nitrogen functional groups attached to an aromatic ring is 1. The minimum Gasteiger partial charge on any atom is -0.398 e. The van der Waals surface area contributed by atoms with E-state index in [1.165, 1.54) is 0 Å². The van der Waals surface area contributed by atoms with Crippen molar-refractivity contribution >= 4 is 21.4 Å². The zero-order valence-corrected chi connectivity index (χ0v) is 10.00. The normalized spacial score (nSPS) is 10.7. The molecule has 0 atom stereocenters. The van der Waals surface area contributed by atoms with Crippen molar-refractivity contribution in [2.75, 3.05) is 18.0 Å². The molecule has 1 amide bonds. The van der Waals surface area contributed by atoms with E-state index in [2.05, 4.69) is 5.32 Å². The molecule has 3 N–H and O–H groups in total. The molecule has 96 valence electrons. The smallest absolute Gasteiger partial charge is 0.236 e. The highest BCUT2D eigenvalue weighted by Gasteiger charge is 2.22. The van der Waals surface area contributed by atoms with E-state index in [0.717, 1.165) is 18.2 Å². The molecule has 18 heavy (non-hydrogen) atoms. The summed E-state index contributed by atoms with van der Waals surface area (Å²) in [5.41, 5.74) is 5.29. The highest BCUT2D eigenvalue weighted by molar-refractivity contribution is 7.92. The van der Waals surface area contributed by atoms with E-state index in [0.29, 0.717) is 0 Å². The largest absolute Gasteiger partial charge is 0.398 e. The molecule has 0 fully saturated rings. The second-order valence-corrected chi connectivity index (χ2v) is 5.33. The number of hydrogen-bond acceptors (Lipinski definition) is 5. The molecule has 1 aromatic carbocycles. The molecule has 0 saturated carbocycles. The number of benzene rings is 1. The number of amides is 1. The predicted molar refractivity (Wildman–Crippen MR) is 61.5 cm³/mol. The molecule has 0 heterocycles. The van der Waals surface area contributed by atoms with Gasteiger partial charge >= 0.3 is 0 Å². The molecule has 0 aliphatic carbocycles. The SMILES string of the molecule is N#CCNC(=O)CS(=O)(=O)c1cc(F)ccc1N. The Morgan fingerprint density at radius 2 is 2.17 bits per heavy atom. The number of nitrogens with zero attached hydrogens (tertiary/aromatic N) is 1. The minimum absolute atomic E-state index is 0.135. The molecule has 8 heteroatoms. The summed E-state index contributed by atoms with van der Waals surface area (Å²) < 4.78 is 36.5.